The Bertz CT molecular complexity index is 898. The average molecular weight is 389 g/mol. The highest BCUT2D eigenvalue weighted by atomic mass is 35.5. The van der Waals surface area contributed by atoms with Gasteiger partial charge in [-0.3, -0.25) is 4.79 Å². The lowest BCUT2D eigenvalue weighted by Crippen LogP contribution is -2.47. The second kappa shape index (κ2) is 6.70. The highest BCUT2D eigenvalue weighted by Crippen LogP contribution is 2.31. The topological polar surface area (TPSA) is 86.3 Å². The smallest absolute Gasteiger partial charge is 0.261 e. The third-order valence-corrected chi connectivity index (χ3v) is 5.35. The SMILES string of the molecule is C[N+](C)(c1cc(Cl)ccc1C(=O)Nc1ccccc1Cl)S(=O)(=O)[O-]. The van der Waals surface area contributed by atoms with Crippen molar-refractivity contribution in [3.05, 3.63) is 58.1 Å². The van der Waals surface area contributed by atoms with E-state index in [0.717, 1.165) is 0 Å². The zero-order valence-corrected chi connectivity index (χ0v) is 15.1. The third-order valence-electron chi connectivity index (χ3n) is 3.47. The first-order chi connectivity index (χ1) is 11.0. The van der Waals surface area contributed by atoms with Gasteiger partial charge in [0.25, 0.3) is 16.2 Å². The summed E-state index contributed by atoms with van der Waals surface area (Å²) in [6, 6.07) is 10.7. The molecule has 9 heteroatoms. The minimum absolute atomic E-state index is 0.00347. The summed E-state index contributed by atoms with van der Waals surface area (Å²) in [5.74, 6) is -0.607. The summed E-state index contributed by atoms with van der Waals surface area (Å²) in [4.78, 5) is 12.6. The Hall–Kier alpha value is -1.64. The van der Waals surface area contributed by atoms with E-state index in [1.165, 1.54) is 32.3 Å². The Morgan fingerprint density at radius 2 is 1.75 bits per heavy atom. The van der Waals surface area contributed by atoms with Crippen LogP contribution in [0.3, 0.4) is 0 Å². The number of carbonyl (C=O) groups excluding carboxylic acids is 1. The molecular formula is C15H14Cl2N2O4S. The maximum atomic E-state index is 12.6. The Labute approximate surface area is 150 Å². The highest BCUT2D eigenvalue weighted by Gasteiger charge is 2.32. The molecule has 0 saturated carbocycles. The lowest BCUT2D eigenvalue weighted by molar-refractivity contribution is 0.102. The maximum Gasteiger partial charge on any atom is 0.261 e. The van der Waals surface area contributed by atoms with E-state index in [1.807, 2.05) is 0 Å². The number of hydrogen-bond donors (Lipinski definition) is 1. The molecule has 0 spiro atoms. The molecule has 24 heavy (non-hydrogen) atoms. The minimum atomic E-state index is -4.79. The maximum absolute atomic E-state index is 12.6. The minimum Gasteiger partial charge on any atom is -0.701 e. The van der Waals surface area contributed by atoms with Crippen LogP contribution in [0.25, 0.3) is 0 Å². The van der Waals surface area contributed by atoms with E-state index >= 15 is 0 Å². The summed E-state index contributed by atoms with van der Waals surface area (Å²) in [6.45, 7) is 0. The molecule has 2 rings (SSSR count). The number of halogens is 2. The number of nitrogens with zero attached hydrogens (tertiary/aromatic N) is 1. The lowest BCUT2D eigenvalue weighted by atomic mass is 10.1. The molecule has 128 valence electrons. The summed E-state index contributed by atoms with van der Waals surface area (Å²) >= 11 is 11.9. The Morgan fingerprint density at radius 3 is 2.33 bits per heavy atom. The second-order valence-corrected chi connectivity index (χ2v) is 7.99. The van der Waals surface area contributed by atoms with E-state index < -0.39 is 20.1 Å². The van der Waals surface area contributed by atoms with Crippen molar-refractivity contribution in [1.29, 1.82) is 0 Å². The van der Waals surface area contributed by atoms with Gasteiger partial charge in [0.2, 0.25) is 0 Å². The monoisotopic (exact) mass is 388 g/mol. The molecule has 0 fully saturated rings. The molecule has 0 radical (unpaired) electrons. The van der Waals surface area contributed by atoms with E-state index in [2.05, 4.69) is 5.32 Å². The normalized spacial score (nSPS) is 12.0. The molecule has 0 unspecified atom stereocenters. The van der Waals surface area contributed by atoms with Crippen molar-refractivity contribution in [2.45, 2.75) is 0 Å². The van der Waals surface area contributed by atoms with Gasteiger partial charge in [-0.15, -0.1) is 0 Å². The molecule has 0 aromatic heterocycles. The average Bonchev–Trinajstić information content (AvgIpc) is 2.48. The van der Waals surface area contributed by atoms with Crippen molar-refractivity contribution in [2.75, 3.05) is 19.4 Å². The molecule has 1 amide bonds. The molecule has 0 heterocycles. The molecule has 6 nitrogen and oxygen atoms in total. The quantitative estimate of drug-likeness (QED) is 0.642. The van der Waals surface area contributed by atoms with Crippen LogP contribution in [0.4, 0.5) is 11.4 Å². The van der Waals surface area contributed by atoms with Crippen LogP contribution in [0.5, 0.6) is 0 Å². The van der Waals surface area contributed by atoms with Gasteiger partial charge in [0.15, 0.2) is 5.69 Å². The number of anilines is 1. The first-order valence-corrected chi connectivity index (χ1v) is 8.82. The summed E-state index contributed by atoms with van der Waals surface area (Å²) in [5, 5.41) is 3.12. The van der Waals surface area contributed by atoms with Crippen molar-refractivity contribution in [3.8, 4) is 0 Å². The Balaban J connectivity index is 2.52. The molecule has 0 aliphatic rings. The summed E-state index contributed by atoms with van der Waals surface area (Å²) in [6.07, 6.45) is 0. The molecule has 0 atom stereocenters. The molecule has 2 aromatic carbocycles. The van der Waals surface area contributed by atoms with Gasteiger partial charge in [-0.1, -0.05) is 35.3 Å². The summed E-state index contributed by atoms with van der Waals surface area (Å²) < 4.78 is 33.6. The fourth-order valence-electron chi connectivity index (χ4n) is 2.02. The van der Waals surface area contributed by atoms with Crippen molar-refractivity contribution >= 4 is 50.8 Å². The number of quaternary nitrogens is 1. The van der Waals surface area contributed by atoms with Gasteiger partial charge in [0.1, 0.15) is 5.56 Å². The van der Waals surface area contributed by atoms with Crippen LogP contribution in [0, 0.1) is 0 Å². The van der Waals surface area contributed by atoms with Gasteiger partial charge in [-0.05, 0) is 24.3 Å². The van der Waals surface area contributed by atoms with Crippen LogP contribution in [-0.4, -0.2) is 33.0 Å². The van der Waals surface area contributed by atoms with Crippen molar-refractivity contribution < 1.29 is 17.8 Å². The van der Waals surface area contributed by atoms with Gasteiger partial charge in [-0.25, -0.2) is 3.89 Å². The van der Waals surface area contributed by atoms with Crippen molar-refractivity contribution in [1.82, 2.24) is 3.89 Å². The molecule has 2 aromatic rings. The predicted molar refractivity (Wildman–Crippen MR) is 94.2 cm³/mol. The molecule has 0 aliphatic carbocycles. The zero-order valence-electron chi connectivity index (χ0n) is 12.8. The molecular weight excluding hydrogens is 375 g/mol. The van der Waals surface area contributed by atoms with Crippen LogP contribution < -0.4 is 9.21 Å². The number of nitrogens with one attached hydrogen (secondary N) is 1. The summed E-state index contributed by atoms with van der Waals surface area (Å²) in [7, 11) is -2.45. The predicted octanol–water partition coefficient (Wildman–Crippen LogP) is 3.27. The largest absolute Gasteiger partial charge is 0.701 e. The van der Waals surface area contributed by atoms with Crippen LogP contribution in [0.1, 0.15) is 10.4 Å². The second-order valence-electron chi connectivity index (χ2n) is 5.37. The molecule has 0 aliphatic heterocycles. The number of carbonyl (C=O) groups is 1. The van der Waals surface area contributed by atoms with Crippen molar-refractivity contribution in [3.63, 3.8) is 0 Å². The van der Waals surface area contributed by atoms with Crippen LogP contribution in [0.2, 0.25) is 10.0 Å². The van der Waals surface area contributed by atoms with E-state index in [9.17, 15) is 17.8 Å². The fourth-order valence-corrected chi connectivity index (χ4v) is 2.76. The van der Waals surface area contributed by atoms with Crippen LogP contribution in [-0.2, 0) is 10.3 Å². The number of amides is 1. The zero-order chi connectivity index (χ0) is 18.1. The first kappa shape index (κ1) is 18.7. The first-order valence-electron chi connectivity index (χ1n) is 6.70. The lowest BCUT2D eigenvalue weighted by Gasteiger charge is -2.31. The molecule has 1 N–H and O–H groups in total. The van der Waals surface area contributed by atoms with Gasteiger partial charge < -0.3 is 9.87 Å². The molecule has 0 saturated heterocycles. The third kappa shape index (κ3) is 3.71. The fraction of sp³-hybridized carbons (Fsp3) is 0.133. The number of para-hydroxylation sites is 1. The van der Waals surface area contributed by atoms with Gasteiger partial charge in [0.05, 0.1) is 24.8 Å². The van der Waals surface area contributed by atoms with Gasteiger partial charge in [0, 0.05) is 11.1 Å². The van der Waals surface area contributed by atoms with Crippen LogP contribution in [0.15, 0.2) is 42.5 Å². The van der Waals surface area contributed by atoms with Gasteiger partial charge in [-0.2, -0.15) is 8.42 Å². The van der Waals surface area contributed by atoms with Crippen molar-refractivity contribution in [2.24, 2.45) is 0 Å². The highest BCUT2D eigenvalue weighted by molar-refractivity contribution is 7.85. The number of rotatable bonds is 4. The van der Waals surface area contributed by atoms with E-state index in [1.54, 1.807) is 24.3 Å². The summed E-state index contributed by atoms with van der Waals surface area (Å²) in [5.41, 5.74) is 0.325. The Kier molecular flexibility index (Phi) is 5.22. The van der Waals surface area contributed by atoms with Gasteiger partial charge >= 0.3 is 0 Å². The Morgan fingerprint density at radius 1 is 1.12 bits per heavy atom. The van der Waals surface area contributed by atoms with Crippen LogP contribution >= 0.6 is 23.2 Å². The molecule has 0 bridgehead atoms. The van der Waals surface area contributed by atoms with E-state index in [0.29, 0.717) is 10.7 Å². The van der Waals surface area contributed by atoms with E-state index in [4.69, 9.17) is 23.2 Å². The number of hydrogen-bond acceptors (Lipinski definition) is 4. The standard InChI is InChI=1S/C15H14Cl2N2O4S/c1-19(2,24(21,22)23)14-9-10(16)7-8-11(14)15(20)18-13-6-4-3-5-12(13)17/h3-9H,1-2H3,(H-,18,20,21,22,23). The number of benzene rings is 2. The van der Waals surface area contributed by atoms with E-state index in [-0.39, 0.29) is 16.3 Å².